The molecule has 0 spiro atoms. The fourth-order valence-electron chi connectivity index (χ4n) is 6.33. The summed E-state index contributed by atoms with van der Waals surface area (Å²) in [7, 11) is -3.92. The maximum absolute atomic E-state index is 13.3. The van der Waals surface area contributed by atoms with Gasteiger partial charge in [0.15, 0.2) is 0 Å². The normalized spacial score (nSPS) is 23.6. The van der Waals surface area contributed by atoms with Crippen LogP contribution < -0.4 is 4.72 Å². The molecule has 0 radical (unpaired) electrons. The molecule has 0 saturated carbocycles. The molecule has 40 heavy (non-hydrogen) atoms. The van der Waals surface area contributed by atoms with Gasteiger partial charge in [0.05, 0.1) is 11.4 Å². The van der Waals surface area contributed by atoms with E-state index in [0.717, 1.165) is 34.6 Å². The summed E-state index contributed by atoms with van der Waals surface area (Å²) in [4.78, 5) is 32.7. The van der Waals surface area contributed by atoms with Crippen molar-refractivity contribution in [2.75, 3.05) is 26.2 Å². The fraction of sp³-hybridized carbons (Fsp3) is 0.400. The molecule has 8 nitrogen and oxygen atoms in total. The van der Waals surface area contributed by atoms with E-state index in [9.17, 15) is 18.0 Å². The topological polar surface area (TPSA) is 90.0 Å². The van der Waals surface area contributed by atoms with Crippen LogP contribution in [0.2, 0.25) is 0 Å². The van der Waals surface area contributed by atoms with Gasteiger partial charge in [-0.25, -0.2) is 8.42 Å². The molecule has 2 unspecified atom stereocenters. The molecule has 3 saturated heterocycles. The number of sulfonamides is 1. The first-order valence-electron chi connectivity index (χ1n) is 13.8. The Morgan fingerprint density at radius 1 is 0.925 bits per heavy atom. The van der Waals surface area contributed by atoms with E-state index >= 15 is 0 Å². The predicted molar refractivity (Wildman–Crippen MR) is 157 cm³/mol. The SMILES string of the molecule is O=C(CN1CCC[C@H](NS(=O)(=O)c2ccc3cc(Br)ccc3c2)C1=O)N1CC2CCC(C1)N2Cc1ccccc1. The number of piperazine rings is 1. The zero-order valence-corrected chi connectivity index (χ0v) is 24.6. The average molecular weight is 626 g/mol. The maximum atomic E-state index is 13.3. The number of hydrogen-bond donors (Lipinski definition) is 1. The van der Waals surface area contributed by atoms with E-state index in [0.29, 0.717) is 44.6 Å². The Labute approximate surface area is 243 Å². The Bertz CT molecular complexity index is 1520. The van der Waals surface area contributed by atoms with Crippen molar-refractivity contribution in [3.63, 3.8) is 0 Å². The smallest absolute Gasteiger partial charge is 0.242 e. The molecule has 10 heteroatoms. The summed E-state index contributed by atoms with van der Waals surface area (Å²) in [5.74, 6) is -0.396. The molecule has 3 fully saturated rings. The van der Waals surface area contributed by atoms with Crippen LogP contribution in [0.4, 0.5) is 0 Å². The van der Waals surface area contributed by atoms with Gasteiger partial charge < -0.3 is 9.80 Å². The average Bonchev–Trinajstić information content (AvgIpc) is 3.16. The van der Waals surface area contributed by atoms with Crippen molar-refractivity contribution in [3.8, 4) is 0 Å². The first-order valence-corrected chi connectivity index (χ1v) is 16.1. The van der Waals surface area contributed by atoms with E-state index < -0.39 is 16.1 Å². The molecule has 2 bridgehead atoms. The molecular formula is C30H33BrN4O4S. The molecule has 3 atom stereocenters. The summed E-state index contributed by atoms with van der Waals surface area (Å²) in [6.45, 7) is 2.66. The van der Waals surface area contributed by atoms with Crippen LogP contribution in [0.1, 0.15) is 31.2 Å². The van der Waals surface area contributed by atoms with Gasteiger partial charge in [-0.1, -0.05) is 58.4 Å². The third-order valence-corrected chi connectivity index (χ3v) is 10.4. The Kier molecular flexibility index (Phi) is 7.69. The lowest BCUT2D eigenvalue weighted by molar-refractivity contribution is -0.144. The van der Waals surface area contributed by atoms with E-state index in [1.54, 1.807) is 18.2 Å². The van der Waals surface area contributed by atoms with Crippen molar-refractivity contribution in [1.82, 2.24) is 19.4 Å². The van der Waals surface area contributed by atoms with Crippen molar-refractivity contribution in [2.24, 2.45) is 0 Å². The van der Waals surface area contributed by atoms with Gasteiger partial charge >= 0.3 is 0 Å². The van der Waals surface area contributed by atoms with E-state index in [4.69, 9.17) is 0 Å². The molecule has 3 aromatic carbocycles. The summed E-state index contributed by atoms with van der Waals surface area (Å²) in [6, 6.07) is 20.7. The molecule has 0 aromatic heterocycles. The zero-order chi connectivity index (χ0) is 27.9. The Hall–Kier alpha value is -2.79. The van der Waals surface area contributed by atoms with Crippen molar-refractivity contribution < 1.29 is 18.0 Å². The van der Waals surface area contributed by atoms with Crippen molar-refractivity contribution >= 4 is 48.5 Å². The molecule has 0 aliphatic carbocycles. The standard InChI is InChI=1S/C30H33BrN4O4S/c31-24-10-8-23-16-27(13-9-22(23)15-24)40(38,39)32-28-7-4-14-33(30(28)37)20-29(36)34-18-25-11-12-26(19-34)35(25)17-21-5-2-1-3-6-21/h1-3,5-6,8-10,13,15-16,25-26,28,32H,4,7,11-12,14,17-20H2/t25?,26?,28-/m0/s1. The number of nitrogens with zero attached hydrogens (tertiary/aromatic N) is 3. The molecule has 6 rings (SSSR count). The minimum Gasteiger partial charge on any atom is -0.338 e. The lowest BCUT2D eigenvalue weighted by atomic mass is 10.1. The minimum absolute atomic E-state index is 0.0139. The van der Waals surface area contributed by atoms with E-state index in [2.05, 4.69) is 49.8 Å². The minimum atomic E-state index is -3.92. The summed E-state index contributed by atoms with van der Waals surface area (Å²) in [6.07, 6.45) is 3.18. The van der Waals surface area contributed by atoms with Gasteiger partial charge in [0.25, 0.3) is 0 Å². The van der Waals surface area contributed by atoms with Gasteiger partial charge in [0.2, 0.25) is 21.8 Å². The largest absolute Gasteiger partial charge is 0.338 e. The van der Waals surface area contributed by atoms with Crippen molar-refractivity contribution in [3.05, 3.63) is 76.8 Å². The van der Waals surface area contributed by atoms with Crippen LogP contribution in [0.3, 0.4) is 0 Å². The van der Waals surface area contributed by atoms with Crippen LogP contribution in [0, 0.1) is 0 Å². The number of rotatable bonds is 7. The summed E-state index contributed by atoms with van der Waals surface area (Å²) < 4.78 is 29.9. The van der Waals surface area contributed by atoms with Crippen molar-refractivity contribution in [2.45, 2.75) is 55.2 Å². The lowest BCUT2D eigenvalue weighted by Gasteiger charge is -2.42. The molecule has 3 aromatic rings. The molecule has 2 amide bonds. The van der Waals surface area contributed by atoms with Gasteiger partial charge in [-0.3, -0.25) is 14.5 Å². The molecule has 3 heterocycles. The first-order chi connectivity index (χ1) is 19.3. The second-order valence-electron chi connectivity index (χ2n) is 11.1. The summed E-state index contributed by atoms with van der Waals surface area (Å²) in [5, 5.41) is 1.71. The quantitative estimate of drug-likeness (QED) is 0.432. The first kappa shape index (κ1) is 27.4. The highest BCUT2D eigenvalue weighted by Crippen LogP contribution is 2.32. The number of carbonyl (C=O) groups excluding carboxylic acids is 2. The van der Waals surface area contributed by atoms with Crippen LogP contribution in [-0.2, 0) is 26.2 Å². The summed E-state index contributed by atoms with van der Waals surface area (Å²) in [5.41, 5.74) is 1.28. The second-order valence-corrected chi connectivity index (χ2v) is 13.7. The van der Waals surface area contributed by atoms with Crippen LogP contribution in [0.5, 0.6) is 0 Å². The molecular weight excluding hydrogens is 592 g/mol. The highest BCUT2D eigenvalue weighted by atomic mass is 79.9. The monoisotopic (exact) mass is 624 g/mol. The van der Waals surface area contributed by atoms with Crippen LogP contribution in [0.25, 0.3) is 10.8 Å². The van der Waals surface area contributed by atoms with Gasteiger partial charge in [-0.2, -0.15) is 4.72 Å². The van der Waals surface area contributed by atoms with E-state index in [1.807, 2.05) is 29.2 Å². The van der Waals surface area contributed by atoms with Crippen LogP contribution >= 0.6 is 15.9 Å². The Morgan fingerprint density at radius 3 is 2.38 bits per heavy atom. The van der Waals surface area contributed by atoms with Crippen LogP contribution in [0.15, 0.2) is 76.1 Å². The Balaban J connectivity index is 1.08. The van der Waals surface area contributed by atoms with Gasteiger partial charge in [0.1, 0.15) is 6.04 Å². The number of halogens is 1. The second kappa shape index (κ2) is 11.2. The fourth-order valence-corrected chi connectivity index (χ4v) is 7.97. The van der Waals surface area contributed by atoms with Gasteiger partial charge in [-0.05, 0) is 66.3 Å². The number of likely N-dealkylation sites (tertiary alicyclic amines) is 2. The van der Waals surface area contributed by atoms with Gasteiger partial charge in [-0.15, -0.1) is 0 Å². The predicted octanol–water partition coefficient (Wildman–Crippen LogP) is 3.75. The van der Waals surface area contributed by atoms with Gasteiger partial charge in [0, 0.05) is 42.7 Å². The highest BCUT2D eigenvalue weighted by Gasteiger charge is 2.42. The molecule has 210 valence electrons. The number of nitrogens with one attached hydrogen (secondary N) is 1. The molecule has 1 N–H and O–H groups in total. The maximum Gasteiger partial charge on any atom is 0.242 e. The third kappa shape index (κ3) is 5.68. The lowest BCUT2D eigenvalue weighted by Crippen LogP contribution is -2.58. The Morgan fingerprint density at radius 2 is 1.62 bits per heavy atom. The number of benzene rings is 3. The van der Waals surface area contributed by atoms with E-state index in [-0.39, 0.29) is 23.3 Å². The molecule has 3 aliphatic heterocycles. The number of hydrogen-bond acceptors (Lipinski definition) is 5. The highest BCUT2D eigenvalue weighted by molar-refractivity contribution is 9.10. The number of amides is 2. The number of carbonyl (C=O) groups is 2. The number of fused-ring (bicyclic) bond motifs is 3. The number of piperidine rings is 1. The third-order valence-electron chi connectivity index (χ3n) is 8.43. The summed E-state index contributed by atoms with van der Waals surface area (Å²) >= 11 is 3.43. The molecule has 3 aliphatic rings. The van der Waals surface area contributed by atoms with Crippen LogP contribution in [-0.4, -0.2) is 79.2 Å². The van der Waals surface area contributed by atoms with E-state index in [1.165, 1.54) is 10.5 Å². The zero-order valence-electron chi connectivity index (χ0n) is 22.2. The van der Waals surface area contributed by atoms with Crippen molar-refractivity contribution in [1.29, 1.82) is 0 Å².